The molecule has 9 heteroatoms. The largest absolute Gasteiger partial charge is 0.507 e. The lowest BCUT2D eigenvalue weighted by Crippen LogP contribution is -2.30. The van der Waals surface area contributed by atoms with E-state index in [9.17, 15) is 18.3 Å². The first-order chi connectivity index (χ1) is 14.9. The number of hydrogen-bond donors (Lipinski definition) is 2. The van der Waals surface area contributed by atoms with Gasteiger partial charge in [0.25, 0.3) is 5.91 Å². The number of nitrogens with two attached hydrogens (primary N) is 1. The van der Waals surface area contributed by atoms with Crippen molar-refractivity contribution in [1.29, 1.82) is 0 Å². The lowest BCUT2D eigenvalue weighted by atomic mass is 10.0. The third-order valence-electron chi connectivity index (χ3n) is 4.76. The number of aliphatic hydroxyl groups is 1. The maximum absolute atomic E-state index is 13.2. The predicted octanol–water partition coefficient (Wildman–Crippen LogP) is 3.98. The van der Waals surface area contributed by atoms with Crippen LogP contribution >= 0.6 is 0 Å². The zero-order chi connectivity index (χ0) is 22.0. The molecule has 3 N–H and O–H groups in total. The summed E-state index contributed by atoms with van der Waals surface area (Å²) in [5.74, 6) is -0.715. The molecular weight excluding hydrogens is 416 g/mol. The monoisotopic (exact) mass is 434 g/mol. The maximum Gasteiger partial charge on any atom is 0.283 e. The Bertz CT molecular complexity index is 1270. The van der Waals surface area contributed by atoms with Crippen molar-refractivity contribution < 1.29 is 18.3 Å². The minimum absolute atomic E-state index is 0.0650. The van der Waals surface area contributed by atoms with Gasteiger partial charge in [0.05, 0.1) is 10.6 Å². The molecule has 3 aromatic carbocycles. The fraction of sp³-hybridized carbons (Fsp3) is 0.0455. The van der Waals surface area contributed by atoms with Crippen molar-refractivity contribution in [1.82, 2.24) is 0 Å². The molecule has 0 aromatic heterocycles. The summed E-state index contributed by atoms with van der Waals surface area (Å²) < 4.78 is 22.7. The topological polar surface area (TPSA) is 125 Å². The van der Waals surface area contributed by atoms with Crippen molar-refractivity contribution in [3.8, 4) is 0 Å². The minimum atomic E-state index is -3.83. The van der Waals surface area contributed by atoms with Crippen LogP contribution in [0.25, 0.3) is 0 Å². The summed E-state index contributed by atoms with van der Waals surface area (Å²) in [7, 11) is -3.83. The molecule has 8 nitrogen and oxygen atoms in total. The van der Waals surface area contributed by atoms with Crippen molar-refractivity contribution in [2.24, 2.45) is 15.4 Å². The van der Waals surface area contributed by atoms with Gasteiger partial charge in [-0.15, -0.1) is 5.11 Å². The summed E-state index contributed by atoms with van der Waals surface area (Å²) in [5, 5.41) is 24.0. The van der Waals surface area contributed by atoms with Gasteiger partial charge in [0, 0.05) is 5.69 Å². The van der Waals surface area contributed by atoms with Gasteiger partial charge in [-0.1, -0.05) is 48.5 Å². The average Bonchev–Trinajstić information content (AvgIpc) is 3.03. The van der Waals surface area contributed by atoms with Gasteiger partial charge in [-0.25, -0.2) is 13.6 Å². The number of hydrogen-bond acceptors (Lipinski definition) is 6. The lowest BCUT2D eigenvalue weighted by Gasteiger charge is -2.25. The quantitative estimate of drug-likeness (QED) is 0.589. The van der Waals surface area contributed by atoms with Crippen LogP contribution in [0.5, 0.6) is 0 Å². The Morgan fingerprint density at radius 2 is 1.42 bits per heavy atom. The van der Waals surface area contributed by atoms with Crippen LogP contribution < -0.4 is 10.0 Å². The zero-order valence-corrected chi connectivity index (χ0v) is 17.0. The van der Waals surface area contributed by atoms with Gasteiger partial charge in [-0.3, -0.25) is 9.69 Å². The molecule has 1 aliphatic heterocycles. The molecule has 1 atom stereocenters. The second kappa shape index (κ2) is 8.13. The Kier molecular flexibility index (Phi) is 5.37. The Hall–Kier alpha value is -3.82. The maximum atomic E-state index is 13.2. The molecule has 1 amide bonds. The SMILES string of the molecule is NS(=O)(=O)c1ccc(N=NC2=C(O)C(c3ccccc3)N(c3ccccc3)C2=O)cc1. The Labute approximate surface area is 179 Å². The van der Waals surface area contributed by atoms with Gasteiger partial charge in [-0.2, -0.15) is 5.11 Å². The molecule has 1 unspecified atom stereocenters. The Morgan fingerprint density at radius 3 is 2.00 bits per heavy atom. The molecule has 0 saturated carbocycles. The van der Waals surface area contributed by atoms with Gasteiger partial charge in [0.15, 0.2) is 11.5 Å². The van der Waals surface area contributed by atoms with E-state index in [2.05, 4.69) is 10.2 Å². The summed E-state index contributed by atoms with van der Waals surface area (Å²) in [6.07, 6.45) is 0. The van der Waals surface area contributed by atoms with E-state index < -0.39 is 22.0 Å². The molecule has 0 aliphatic carbocycles. The molecule has 31 heavy (non-hydrogen) atoms. The van der Waals surface area contributed by atoms with Crippen LogP contribution in [0.1, 0.15) is 11.6 Å². The second-order valence-electron chi connectivity index (χ2n) is 6.80. The smallest absolute Gasteiger partial charge is 0.283 e. The van der Waals surface area contributed by atoms with E-state index in [1.807, 2.05) is 36.4 Å². The van der Waals surface area contributed by atoms with Gasteiger partial charge < -0.3 is 5.11 Å². The molecule has 3 aromatic rings. The van der Waals surface area contributed by atoms with E-state index in [0.717, 1.165) is 5.56 Å². The van der Waals surface area contributed by atoms with E-state index in [0.29, 0.717) is 11.4 Å². The van der Waals surface area contributed by atoms with Gasteiger partial charge in [0.1, 0.15) is 6.04 Å². The highest BCUT2D eigenvalue weighted by Crippen LogP contribution is 2.40. The van der Waals surface area contributed by atoms with E-state index >= 15 is 0 Å². The number of amides is 1. The molecule has 156 valence electrons. The number of azo groups is 1. The molecule has 0 saturated heterocycles. The van der Waals surface area contributed by atoms with Crippen LogP contribution in [0.2, 0.25) is 0 Å². The molecule has 4 rings (SSSR count). The normalized spacial score (nSPS) is 17.0. The number of aliphatic hydroxyl groups excluding tert-OH is 1. The van der Waals surface area contributed by atoms with Crippen LogP contribution in [0.3, 0.4) is 0 Å². The van der Waals surface area contributed by atoms with E-state index in [1.54, 1.807) is 24.3 Å². The number of benzene rings is 3. The Morgan fingerprint density at radius 1 is 0.839 bits per heavy atom. The standard InChI is InChI=1S/C22H18N4O4S/c23-31(29,30)18-13-11-16(12-14-18)24-25-19-21(27)20(15-7-3-1-4-8-15)26(22(19)28)17-9-5-2-6-10-17/h1-14,20,27H,(H2,23,29,30). The number of primary sulfonamides is 1. The third-order valence-corrected chi connectivity index (χ3v) is 5.69. The van der Waals surface area contributed by atoms with Crippen molar-refractivity contribution in [2.45, 2.75) is 10.9 Å². The van der Waals surface area contributed by atoms with Crippen molar-refractivity contribution in [2.75, 3.05) is 4.90 Å². The predicted molar refractivity (Wildman–Crippen MR) is 115 cm³/mol. The fourth-order valence-corrected chi connectivity index (χ4v) is 3.81. The molecule has 0 spiro atoms. The summed E-state index contributed by atoms with van der Waals surface area (Å²) in [5.41, 5.74) is 1.44. The van der Waals surface area contributed by atoms with E-state index in [4.69, 9.17) is 5.14 Å². The molecule has 1 heterocycles. The van der Waals surface area contributed by atoms with Crippen LogP contribution in [0, 0.1) is 0 Å². The Balaban J connectivity index is 1.72. The number of carbonyl (C=O) groups is 1. The third kappa shape index (κ3) is 4.09. The number of nitrogens with zero attached hydrogens (tertiary/aromatic N) is 3. The van der Waals surface area contributed by atoms with Crippen molar-refractivity contribution >= 4 is 27.3 Å². The summed E-state index contributed by atoms with van der Waals surface area (Å²) >= 11 is 0. The highest BCUT2D eigenvalue weighted by Gasteiger charge is 2.42. The summed E-state index contributed by atoms with van der Waals surface area (Å²) in [4.78, 5) is 14.6. The molecule has 0 radical (unpaired) electrons. The highest BCUT2D eigenvalue weighted by atomic mass is 32.2. The fourth-order valence-electron chi connectivity index (χ4n) is 3.29. The van der Waals surface area contributed by atoms with Gasteiger partial charge in [-0.05, 0) is 42.0 Å². The summed E-state index contributed by atoms with van der Waals surface area (Å²) in [6.45, 7) is 0. The molecule has 1 aliphatic rings. The first kappa shape index (κ1) is 20.5. The van der Waals surface area contributed by atoms with Gasteiger partial charge >= 0.3 is 0 Å². The number of sulfonamides is 1. The first-order valence-corrected chi connectivity index (χ1v) is 10.8. The number of carbonyl (C=O) groups excluding carboxylic acids is 1. The molecule has 0 fully saturated rings. The number of rotatable bonds is 5. The van der Waals surface area contributed by atoms with Crippen LogP contribution in [0.4, 0.5) is 11.4 Å². The average molecular weight is 434 g/mol. The van der Waals surface area contributed by atoms with E-state index in [-0.39, 0.29) is 16.4 Å². The molecule has 0 bridgehead atoms. The highest BCUT2D eigenvalue weighted by molar-refractivity contribution is 7.89. The zero-order valence-electron chi connectivity index (χ0n) is 16.2. The van der Waals surface area contributed by atoms with Crippen LogP contribution in [-0.2, 0) is 14.8 Å². The van der Waals surface area contributed by atoms with Crippen LogP contribution in [0.15, 0.2) is 112 Å². The van der Waals surface area contributed by atoms with Crippen LogP contribution in [-0.4, -0.2) is 19.4 Å². The number of anilines is 1. The number of para-hydroxylation sites is 1. The minimum Gasteiger partial charge on any atom is -0.507 e. The van der Waals surface area contributed by atoms with Crippen molar-refractivity contribution in [3.05, 3.63) is 102 Å². The lowest BCUT2D eigenvalue weighted by molar-refractivity contribution is -0.114. The van der Waals surface area contributed by atoms with E-state index in [1.165, 1.54) is 29.2 Å². The first-order valence-electron chi connectivity index (χ1n) is 9.27. The second-order valence-corrected chi connectivity index (χ2v) is 8.36. The summed E-state index contributed by atoms with van der Waals surface area (Å²) in [6, 6.07) is 22.7. The van der Waals surface area contributed by atoms with Gasteiger partial charge in [0.2, 0.25) is 10.0 Å². The molecular formula is C22H18N4O4S. The van der Waals surface area contributed by atoms with Crippen molar-refractivity contribution in [3.63, 3.8) is 0 Å².